The molecule has 0 bridgehead atoms. The molecule has 1 aromatic heterocycles. The molecule has 0 aliphatic rings. The average Bonchev–Trinajstić information content (AvgIpc) is 2.45. The monoisotopic (exact) mass is 353 g/mol. The maximum atomic E-state index is 11.2. The van der Waals surface area contributed by atoms with Crippen LogP contribution in [0.2, 0.25) is 18.1 Å². The number of hydrogen-bond donors (Lipinski definition) is 2. The summed E-state index contributed by atoms with van der Waals surface area (Å²) in [6.07, 6.45) is 1.29. The zero-order chi connectivity index (χ0) is 18.8. The lowest BCUT2D eigenvalue weighted by Gasteiger charge is -2.36. The predicted molar refractivity (Wildman–Crippen MR) is 97.5 cm³/mol. The lowest BCUT2D eigenvalue weighted by atomic mass is 9.84. The Bertz CT molecular complexity index is 561. The normalized spacial score (nSPS) is 14.5. The summed E-state index contributed by atoms with van der Waals surface area (Å²) in [5, 5.41) is 19.6. The largest absolute Gasteiger partial charge is 0.481 e. The van der Waals surface area contributed by atoms with Crippen LogP contribution in [0.5, 0.6) is 0 Å². The van der Waals surface area contributed by atoms with Crippen LogP contribution in [0.1, 0.15) is 52.0 Å². The minimum atomic E-state index is -1.75. The Morgan fingerprint density at radius 3 is 2.25 bits per heavy atom. The molecule has 24 heavy (non-hydrogen) atoms. The molecular weight excluding hydrogens is 322 g/mol. The number of hydrogen-bond acceptors (Lipinski definition) is 4. The van der Waals surface area contributed by atoms with Gasteiger partial charge in [0.15, 0.2) is 8.32 Å². The van der Waals surface area contributed by atoms with Gasteiger partial charge in [-0.25, -0.2) is 0 Å². The molecule has 0 amide bonds. The van der Waals surface area contributed by atoms with Crippen LogP contribution >= 0.6 is 0 Å². The first kappa shape index (κ1) is 20.8. The lowest BCUT2D eigenvalue weighted by Crippen LogP contribution is -2.41. The quantitative estimate of drug-likeness (QED) is 0.729. The summed E-state index contributed by atoms with van der Waals surface area (Å²) in [5.74, 6) is -1.05. The van der Waals surface area contributed by atoms with Gasteiger partial charge in [-0.1, -0.05) is 26.8 Å². The molecule has 0 fully saturated rings. The molecule has 2 N–H and O–H groups in total. The molecule has 0 aliphatic heterocycles. The molecule has 1 aromatic rings. The van der Waals surface area contributed by atoms with Crippen molar-refractivity contribution >= 4 is 14.3 Å². The van der Waals surface area contributed by atoms with E-state index in [9.17, 15) is 15.0 Å². The number of rotatable bonds is 7. The summed E-state index contributed by atoms with van der Waals surface area (Å²) >= 11 is 0. The Morgan fingerprint density at radius 2 is 1.83 bits per heavy atom. The maximum absolute atomic E-state index is 11.2. The van der Waals surface area contributed by atoms with E-state index >= 15 is 0 Å². The zero-order valence-electron chi connectivity index (χ0n) is 15.9. The van der Waals surface area contributed by atoms with Crippen LogP contribution in [0.25, 0.3) is 0 Å². The highest BCUT2D eigenvalue weighted by Gasteiger charge is 2.38. The summed E-state index contributed by atoms with van der Waals surface area (Å²) in [5.41, 5.74) is 0.106. The number of nitrogens with zero attached hydrogens (tertiary/aromatic N) is 1. The van der Waals surface area contributed by atoms with Crippen LogP contribution in [-0.4, -0.2) is 36.1 Å². The van der Waals surface area contributed by atoms with Gasteiger partial charge in [0.25, 0.3) is 0 Å². The highest BCUT2D eigenvalue weighted by molar-refractivity contribution is 6.74. The molecule has 1 rings (SSSR count). The van der Waals surface area contributed by atoms with Crippen molar-refractivity contribution in [2.75, 3.05) is 6.61 Å². The van der Waals surface area contributed by atoms with Crippen LogP contribution < -0.4 is 0 Å². The number of aliphatic hydroxyl groups is 1. The maximum Gasteiger partial charge on any atom is 0.312 e. The van der Waals surface area contributed by atoms with Crippen molar-refractivity contribution < 1.29 is 19.4 Å². The second-order valence-electron chi connectivity index (χ2n) is 8.38. The lowest BCUT2D eigenvalue weighted by molar-refractivity contribution is -0.153. The molecule has 0 spiro atoms. The third kappa shape index (κ3) is 4.88. The molecular formula is C18H31NO4Si. The van der Waals surface area contributed by atoms with E-state index in [0.717, 1.165) is 12.0 Å². The van der Waals surface area contributed by atoms with E-state index in [1.54, 1.807) is 12.3 Å². The Balaban J connectivity index is 2.68. The fourth-order valence-electron chi connectivity index (χ4n) is 1.87. The summed E-state index contributed by atoms with van der Waals surface area (Å²) in [7, 11) is -1.75. The number of carbonyl (C=O) groups is 1. The van der Waals surface area contributed by atoms with E-state index in [1.165, 1.54) is 13.8 Å². The van der Waals surface area contributed by atoms with Crippen molar-refractivity contribution in [3.8, 4) is 0 Å². The molecule has 0 saturated carbocycles. The van der Waals surface area contributed by atoms with E-state index in [-0.39, 0.29) is 5.04 Å². The van der Waals surface area contributed by atoms with Gasteiger partial charge in [-0.15, -0.1) is 0 Å². The first-order valence-electron chi connectivity index (χ1n) is 8.29. The number of aliphatic hydroxyl groups excluding tert-OH is 1. The predicted octanol–water partition coefficient (Wildman–Crippen LogP) is 3.79. The van der Waals surface area contributed by atoms with E-state index < -0.39 is 25.8 Å². The van der Waals surface area contributed by atoms with Gasteiger partial charge in [0.05, 0.1) is 11.1 Å². The van der Waals surface area contributed by atoms with E-state index in [2.05, 4.69) is 38.8 Å². The van der Waals surface area contributed by atoms with Gasteiger partial charge in [-0.2, -0.15) is 0 Å². The molecule has 1 heterocycles. The molecule has 0 aromatic carbocycles. The van der Waals surface area contributed by atoms with E-state index in [4.69, 9.17) is 4.43 Å². The van der Waals surface area contributed by atoms with Gasteiger partial charge < -0.3 is 14.6 Å². The van der Waals surface area contributed by atoms with Crippen LogP contribution in [-0.2, 0) is 15.6 Å². The molecule has 1 unspecified atom stereocenters. The number of aliphatic carboxylic acids is 1. The van der Waals surface area contributed by atoms with Crippen molar-refractivity contribution in [2.45, 2.75) is 65.3 Å². The highest BCUT2D eigenvalue weighted by atomic mass is 28.4. The smallest absolute Gasteiger partial charge is 0.312 e. The van der Waals surface area contributed by atoms with Crippen LogP contribution in [0.4, 0.5) is 0 Å². The molecule has 5 nitrogen and oxygen atoms in total. The van der Waals surface area contributed by atoms with Gasteiger partial charge in [-0.3, -0.25) is 9.78 Å². The molecule has 0 saturated heterocycles. The van der Waals surface area contributed by atoms with E-state index in [1.807, 2.05) is 6.07 Å². The number of carboxylic acids is 1. The summed E-state index contributed by atoms with van der Waals surface area (Å²) in [6.45, 7) is 14.7. The van der Waals surface area contributed by atoms with Crippen LogP contribution in [0.15, 0.2) is 18.3 Å². The second-order valence-corrected chi connectivity index (χ2v) is 13.2. The Morgan fingerprint density at radius 1 is 1.25 bits per heavy atom. The molecule has 6 heteroatoms. The topological polar surface area (TPSA) is 79.7 Å². The van der Waals surface area contributed by atoms with Gasteiger partial charge in [0, 0.05) is 12.8 Å². The fourth-order valence-corrected chi connectivity index (χ4v) is 2.92. The van der Waals surface area contributed by atoms with E-state index in [0.29, 0.717) is 12.3 Å². The molecule has 136 valence electrons. The third-order valence-electron chi connectivity index (χ3n) is 5.02. The number of carboxylic acid groups (broad SMARTS) is 1. The minimum absolute atomic E-state index is 0.182. The van der Waals surface area contributed by atoms with Crippen molar-refractivity contribution in [3.05, 3.63) is 29.6 Å². The summed E-state index contributed by atoms with van der Waals surface area (Å²) in [4.78, 5) is 15.5. The first-order valence-corrected chi connectivity index (χ1v) is 11.2. The van der Waals surface area contributed by atoms with Gasteiger partial charge in [0.2, 0.25) is 0 Å². The molecule has 0 radical (unpaired) electrons. The third-order valence-corrected chi connectivity index (χ3v) is 9.56. The zero-order valence-corrected chi connectivity index (χ0v) is 16.9. The molecule has 1 atom stereocenters. The van der Waals surface area contributed by atoms with Crippen molar-refractivity contribution in [2.24, 2.45) is 5.41 Å². The summed E-state index contributed by atoms with van der Waals surface area (Å²) < 4.78 is 6.15. The molecule has 0 aliphatic carbocycles. The Labute approximate surface area is 146 Å². The van der Waals surface area contributed by atoms with Gasteiger partial charge in [0.1, 0.15) is 6.10 Å². The SMILES string of the molecule is CC(C)(C(=O)O)C(O)c1ccc(CCO[Si](C)(C)C(C)(C)C)cn1. The number of pyridine rings is 1. The van der Waals surface area contributed by atoms with Gasteiger partial charge in [-0.05, 0) is 50.0 Å². The van der Waals surface area contributed by atoms with Crippen LogP contribution in [0.3, 0.4) is 0 Å². The Kier molecular flexibility index (Phi) is 6.35. The standard InChI is InChI=1S/C18H31NO4Si/c1-17(2,3)24(6,7)23-11-10-13-8-9-14(19-12-13)15(20)18(4,5)16(21)22/h8-9,12,15,20H,10-11H2,1-7H3,(H,21,22). The summed E-state index contributed by atoms with van der Waals surface area (Å²) in [6, 6.07) is 3.56. The second kappa shape index (κ2) is 7.33. The van der Waals surface area contributed by atoms with Crippen molar-refractivity contribution in [1.82, 2.24) is 4.98 Å². The van der Waals surface area contributed by atoms with Crippen LogP contribution in [0, 0.1) is 5.41 Å². The van der Waals surface area contributed by atoms with Crippen molar-refractivity contribution in [1.29, 1.82) is 0 Å². The minimum Gasteiger partial charge on any atom is -0.481 e. The highest BCUT2D eigenvalue weighted by Crippen LogP contribution is 2.36. The van der Waals surface area contributed by atoms with Crippen molar-refractivity contribution in [3.63, 3.8) is 0 Å². The fraction of sp³-hybridized carbons (Fsp3) is 0.667. The van der Waals surface area contributed by atoms with Gasteiger partial charge >= 0.3 is 5.97 Å². The first-order chi connectivity index (χ1) is 10.8. The average molecular weight is 354 g/mol. The number of aromatic nitrogens is 1. The Hall–Kier alpha value is -1.24.